The number of benzene rings is 1. The summed E-state index contributed by atoms with van der Waals surface area (Å²) in [5.74, 6) is 0.470. The van der Waals surface area contributed by atoms with Crippen LogP contribution in [0.25, 0.3) is 0 Å². The Hall–Kier alpha value is -1.38. The summed E-state index contributed by atoms with van der Waals surface area (Å²) in [6.45, 7) is 6.58. The van der Waals surface area contributed by atoms with Gasteiger partial charge in [-0.2, -0.15) is 0 Å². The molecule has 0 saturated carbocycles. The minimum Gasteiger partial charge on any atom is -0.380 e. The van der Waals surface area contributed by atoms with Crippen LogP contribution in [0.5, 0.6) is 0 Å². The molecule has 1 atom stereocenters. The maximum atomic E-state index is 10.5. The van der Waals surface area contributed by atoms with E-state index >= 15 is 0 Å². The number of anilines is 1. The molecule has 0 saturated heterocycles. The molecule has 3 heteroatoms. The summed E-state index contributed by atoms with van der Waals surface area (Å²) in [5, 5.41) is 6.45. The van der Waals surface area contributed by atoms with Crippen molar-refractivity contribution in [2.45, 2.75) is 38.6 Å². The van der Waals surface area contributed by atoms with Gasteiger partial charge in [-0.25, -0.2) is 0 Å². The molecule has 0 unspecified atom stereocenters. The summed E-state index contributed by atoms with van der Waals surface area (Å²) in [4.78, 5) is 10.5. The summed E-state index contributed by atoms with van der Waals surface area (Å²) >= 11 is 0. The molecule has 0 fully saturated rings. The Bertz CT molecular complexity index is 399. The van der Waals surface area contributed by atoms with E-state index in [1.165, 1.54) is 5.56 Å². The Morgan fingerprint density at radius 1 is 1.47 bits per heavy atom. The van der Waals surface area contributed by atoms with Gasteiger partial charge in [0, 0.05) is 11.2 Å². The van der Waals surface area contributed by atoms with Crippen LogP contribution in [0.1, 0.15) is 38.7 Å². The molecule has 1 N–H and O–H groups in total. The third-order valence-electron chi connectivity index (χ3n) is 2.96. The minimum absolute atomic E-state index is 0.128. The Morgan fingerprint density at radius 2 is 2.20 bits per heavy atom. The second-order valence-electron chi connectivity index (χ2n) is 4.98. The lowest BCUT2D eigenvalue weighted by Crippen LogP contribution is -2.36. The number of nitroso groups, excluding NO2 is 1. The number of nitrogens with one attached hydrogen (secondary N) is 1. The quantitative estimate of drug-likeness (QED) is 0.707. The van der Waals surface area contributed by atoms with Gasteiger partial charge in [-0.3, -0.25) is 0 Å². The summed E-state index contributed by atoms with van der Waals surface area (Å²) < 4.78 is 0. The van der Waals surface area contributed by atoms with Gasteiger partial charge in [0.2, 0.25) is 0 Å². The molecule has 3 nitrogen and oxygen atoms in total. The fourth-order valence-corrected chi connectivity index (χ4v) is 2.42. The van der Waals surface area contributed by atoms with E-state index < -0.39 is 0 Å². The lowest BCUT2D eigenvalue weighted by molar-refractivity contribution is 0.454. The number of rotatable bonds is 1. The lowest BCUT2D eigenvalue weighted by atomic mass is 9.82. The molecule has 0 aliphatic carbocycles. The first-order valence-corrected chi connectivity index (χ1v) is 5.27. The molecule has 0 spiro atoms. The van der Waals surface area contributed by atoms with Crippen molar-refractivity contribution in [2.75, 3.05) is 5.32 Å². The first-order valence-electron chi connectivity index (χ1n) is 5.27. The molecule has 0 amide bonds. The first-order chi connectivity index (χ1) is 7.02. The normalized spacial score (nSPS) is 22.7. The zero-order valence-electron chi connectivity index (χ0n) is 9.37. The van der Waals surface area contributed by atoms with E-state index in [0.29, 0.717) is 11.6 Å². The number of hydrogen-bond donors (Lipinski definition) is 1. The maximum absolute atomic E-state index is 10.5. The molecule has 0 radical (unpaired) electrons. The molecule has 15 heavy (non-hydrogen) atoms. The van der Waals surface area contributed by atoms with E-state index in [0.717, 1.165) is 12.1 Å². The van der Waals surface area contributed by atoms with Crippen LogP contribution in [0.3, 0.4) is 0 Å². The van der Waals surface area contributed by atoms with Crippen LogP contribution in [0.4, 0.5) is 11.4 Å². The van der Waals surface area contributed by atoms with Crippen LogP contribution in [-0.2, 0) is 0 Å². The van der Waals surface area contributed by atoms with E-state index in [1.54, 1.807) is 6.07 Å². The number of nitrogens with zero attached hydrogens (tertiary/aromatic N) is 1. The SMILES string of the molecule is C[C@@H]1CC(C)(C)Nc2ccc(N=O)cc21. The van der Waals surface area contributed by atoms with E-state index in [1.807, 2.05) is 12.1 Å². The van der Waals surface area contributed by atoms with Crippen molar-refractivity contribution in [1.29, 1.82) is 0 Å². The summed E-state index contributed by atoms with van der Waals surface area (Å²) in [6, 6.07) is 5.59. The van der Waals surface area contributed by atoms with Crippen molar-refractivity contribution < 1.29 is 0 Å². The van der Waals surface area contributed by atoms with Gasteiger partial charge in [-0.1, -0.05) is 6.92 Å². The van der Waals surface area contributed by atoms with Crippen LogP contribution in [0.2, 0.25) is 0 Å². The van der Waals surface area contributed by atoms with Gasteiger partial charge in [0.1, 0.15) is 5.69 Å². The molecule has 1 heterocycles. The van der Waals surface area contributed by atoms with Gasteiger partial charge in [0.25, 0.3) is 0 Å². The van der Waals surface area contributed by atoms with Gasteiger partial charge in [0.15, 0.2) is 0 Å². The Balaban J connectivity index is 2.45. The van der Waals surface area contributed by atoms with Crippen LogP contribution >= 0.6 is 0 Å². The standard InChI is InChI=1S/C12H16N2O/c1-8-7-12(2,3)13-11-5-4-9(14-15)6-10(8)11/h4-6,8,13H,7H2,1-3H3/t8-/m1/s1. The van der Waals surface area contributed by atoms with Gasteiger partial charge in [0.05, 0.1) is 0 Å². The zero-order valence-corrected chi connectivity index (χ0v) is 9.37. The maximum Gasteiger partial charge on any atom is 0.108 e. The highest BCUT2D eigenvalue weighted by molar-refractivity contribution is 5.61. The molecule has 2 rings (SSSR count). The predicted molar refractivity (Wildman–Crippen MR) is 62.6 cm³/mol. The molecule has 1 aromatic rings. The van der Waals surface area contributed by atoms with Gasteiger partial charge in [-0.05, 0) is 55.1 Å². The molecule has 1 aromatic carbocycles. The summed E-state index contributed by atoms with van der Waals surface area (Å²) in [6.07, 6.45) is 1.07. The summed E-state index contributed by atoms with van der Waals surface area (Å²) in [5.41, 5.74) is 2.97. The number of fused-ring (bicyclic) bond motifs is 1. The molecule has 1 aliphatic rings. The molecule has 1 aliphatic heterocycles. The molecular weight excluding hydrogens is 188 g/mol. The van der Waals surface area contributed by atoms with Crippen LogP contribution in [-0.4, -0.2) is 5.54 Å². The molecule has 0 bridgehead atoms. The smallest absolute Gasteiger partial charge is 0.108 e. The largest absolute Gasteiger partial charge is 0.380 e. The highest BCUT2D eigenvalue weighted by Gasteiger charge is 2.29. The van der Waals surface area contributed by atoms with Crippen molar-refractivity contribution in [1.82, 2.24) is 0 Å². The van der Waals surface area contributed by atoms with Crippen LogP contribution in [0.15, 0.2) is 23.4 Å². The predicted octanol–water partition coefficient (Wildman–Crippen LogP) is 3.78. The number of hydrogen-bond acceptors (Lipinski definition) is 3. The highest BCUT2D eigenvalue weighted by atomic mass is 16.3. The van der Waals surface area contributed by atoms with E-state index in [-0.39, 0.29) is 5.54 Å². The molecule has 80 valence electrons. The van der Waals surface area contributed by atoms with Crippen LogP contribution < -0.4 is 5.32 Å². The van der Waals surface area contributed by atoms with Crippen molar-refractivity contribution in [3.05, 3.63) is 28.7 Å². The minimum atomic E-state index is 0.128. The monoisotopic (exact) mass is 204 g/mol. The van der Waals surface area contributed by atoms with Gasteiger partial charge >= 0.3 is 0 Å². The second-order valence-corrected chi connectivity index (χ2v) is 4.98. The Morgan fingerprint density at radius 3 is 2.87 bits per heavy atom. The molecule has 0 aromatic heterocycles. The van der Waals surface area contributed by atoms with Crippen molar-refractivity contribution in [3.8, 4) is 0 Å². The van der Waals surface area contributed by atoms with Gasteiger partial charge < -0.3 is 5.32 Å². The molecular formula is C12H16N2O. The van der Waals surface area contributed by atoms with Gasteiger partial charge in [-0.15, -0.1) is 4.91 Å². The van der Waals surface area contributed by atoms with Crippen molar-refractivity contribution in [2.24, 2.45) is 5.18 Å². The van der Waals surface area contributed by atoms with Crippen LogP contribution in [0, 0.1) is 4.91 Å². The average Bonchev–Trinajstić information content (AvgIpc) is 2.15. The third-order valence-corrected chi connectivity index (χ3v) is 2.96. The third kappa shape index (κ3) is 1.87. The van der Waals surface area contributed by atoms with Crippen molar-refractivity contribution >= 4 is 11.4 Å². The topological polar surface area (TPSA) is 41.5 Å². The lowest BCUT2D eigenvalue weighted by Gasteiger charge is -2.37. The fourth-order valence-electron chi connectivity index (χ4n) is 2.42. The second kappa shape index (κ2) is 3.33. The van der Waals surface area contributed by atoms with E-state index in [2.05, 4.69) is 31.3 Å². The first kappa shape index (κ1) is 10.1. The van der Waals surface area contributed by atoms with Crippen molar-refractivity contribution in [3.63, 3.8) is 0 Å². The highest BCUT2D eigenvalue weighted by Crippen LogP contribution is 2.39. The average molecular weight is 204 g/mol. The van der Waals surface area contributed by atoms with E-state index in [9.17, 15) is 4.91 Å². The Labute approximate surface area is 89.9 Å². The summed E-state index contributed by atoms with van der Waals surface area (Å²) in [7, 11) is 0. The Kier molecular flexibility index (Phi) is 2.25. The van der Waals surface area contributed by atoms with E-state index in [4.69, 9.17) is 0 Å². The fraction of sp³-hybridized carbons (Fsp3) is 0.500. The zero-order chi connectivity index (χ0) is 11.1.